The number of carbonyl (C=O) groups excluding carboxylic acids is 2. The molecule has 0 saturated heterocycles. The maximum atomic E-state index is 12.5. The van der Waals surface area contributed by atoms with Crippen LogP contribution in [0.4, 0.5) is 0 Å². The molecule has 2 rings (SSSR count). The van der Waals surface area contributed by atoms with E-state index >= 15 is 0 Å². The van der Waals surface area contributed by atoms with Gasteiger partial charge in [0.15, 0.2) is 11.8 Å². The number of esters is 1. The number of aryl methyl sites for hydroxylation is 1. The Morgan fingerprint density at radius 2 is 1.83 bits per heavy atom. The molecule has 1 atom stereocenters. The van der Waals surface area contributed by atoms with Crippen molar-refractivity contribution in [2.24, 2.45) is 0 Å². The van der Waals surface area contributed by atoms with Crippen LogP contribution in [0.1, 0.15) is 38.2 Å². The Morgan fingerprint density at radius 1 is 1.21 bits per heavy atom. The first kappa shape index (κ1) is 17.7. The molecule has 0 aliphatic rings. The minimum Gasteiger partial charge on any atom is -0.448 e. The summed E-state index contributed by atoms with van der Waals surface area (Å²) >= 11 is 0. The standard InChI is InChI=1S/C17H21N3O4/c1-5-20-16(22)13-9-7-6-8-12(13)14(19-20)17(23)24-11(4)15(21)18-10(2)3/h6-11H,5H2,1-4H3,(H,18,21)/t11-/m1/s1. The Balaban J connectivity index is 2.38. The van der Waals surface area contributed by atoms with Gasteiger partial charge >= 0.3 is 5.97 Å². The summed E-state index contributed by atoms with van der Waals surface area (Å²) in [5.74, 6) is -1.12. The summed E-state index contributed by atoms with van der Waals surface area (Å²) < 4.78 is 6.42. The number of hydrogen-bond acceptors (Lipinski definition) is 5. The molecule has 1 amide bonds. The highest BCUT2D eigenvalue weighted by molar-refractivity contribution is 6.02. The zero-order valence-corrected chi connectivity index (χ0v) is 14.2. The number of nitrogens with one attached hydrogen (secondary N) is 1. The van der Waals surface area contributed by atoms with E-state index in [9.17, 15) is 14.4 Å². The van der Waals surface area contributed by atoms with Crippen molar-refractivity contribution in [1.82, 2.24) is 15.1 Å². The number of benzene rings is 1. The molecule has 1 N–H and O–H groups in total. The van der Waals surface area contributed by atoms with Gasteiger partial charge in [-0.3, -0.25) is 9.59 Å². The van der Waals surface area contributed by atoms with E-state index in [4.69, 9.17) is 4.74 Å². The van der Waals surface area contributed by atoms with Gasteiger partial charge in [-0.15, -0.1) is 0 Å². The van der Waals surface area contributed by atoms with Crippen LogP contribution in [0.5, 0.6) is 0 Å². The summed E-state index contributed by atoms with van der Waals surface area (Å²) in [6.07, 6.45) is -0.956. The number of hydrogen-bond donors (Lipinski definition) is 1. The van der Waals surface area contributed by atoms with Crippen LogP contribution in [0.3, 0.4) is 0 Å². The molecule has 7 nitrogen and oxygen atoms in total. The maximum Gasteiger partial charge on any atom is 0.360 e. The average molecular weight is 331 g/mol. The molecule has 0 spiro atoms. The topological polar surface area (TPSA) is 90.3 Å². The van der Waals surface area contributed by atoms with Crippen LogP contribution >= 0.6 is 0 Å². The van der Waals surface area contributed by atoms with Crippen LogP contribution in [0.25, 0.3) is 10.8 Å². The third-order valence-electron chi connectivity index (χ3n) is 3.44. The van der Waals surface area contributed by atoms with Crippen LogP contribution in [0.2, 0.25) is 0 Å². The van der Waals surface area contributed by atoms with E-state index in [1.54, 1.807) is 31.2 Å². The van der Waals surface area contributed by atoms with Crippen molar-refractivity contribution in [2.75, 3.05) is 0 Å². The quantitative estimate of drug-likeness (QED) is 0.838. The summed E-state index contributed by atoms with van der Waals surface area (Å²) in [7, 11) is 0. The summed E-state index contributed by atoms with van der Waals surface area (Å²) in [5, 5.41) is 7.57. The van der Waals surface area contributed by atoms with Crippen molar-refractivity contribution in [1.29, 1.82) is 0 Å². The molecule has 7 heteroatoms. The molecule has 128 valence electrons. The van der Waals surface area contributed by atoms with Gasteiger partial charge in [0.1, 0.15) is 0 Å². The zero-order chi connectivity index (χ0) is 17.9. The Kier molecular flexibility index (Phi) is 5.33. The molecule has 0 bridgehead atoms. The highest BCUT2D eigenvalue weighted by atomic mass is 16.5. The molecule has 0 saturated carbocycles. The van der Waals surface area contributed by atoms with Crippen LogP contribution in [0, 0.1) is 0 Å². The average Bonchev–Trinajstić information content (AvgIpc) is 2.54. The van der Waals surface area contributed by atoms with E-state index in [2.05, 4.69) is 10.4 Å². The van der Waals surface area contributed by atoms with Crippen LogP contribution in [-0.4, -0.2) is 33.8 Å². The molecular weight excluding hydrogens is 310 g/mol. The second-order valence-corrected chi connectivity index (χ2v) is 5.73. The van der Waals surface area contributed by atoms with Gasteiger partial charge in [0.2, 0.25) is 0 Å². The number of aromatic nitrogens is 2. The molecule has 24 heavy (non-hydrogen) atoms. The van der Waals surface area contributed by atoms with Crippen molar-refractivity contribution < 1.29 is 14.3 Å². The molecule has 2 aromatic rings. The smallest absolute Gasteiger partial charge is 0.360 e. The first-order valence-corrected chi connectivity index (χ1v) is 7.86. The molecule has 0 fully saturated rings. The van der Waals surface area contributed by atoms with E-state index in [-0.39, 0.29) is 23.2 Å². The first-order valence-electron chi connectivity index (χ1n) is 7.86. The fraction of sp³-hybridized carbons (Fsp3) is 0.412. The zero-order valence-electron chi connectivity index (χ0n) is 14.2. The lowest BCUT2D eigenvalue weighted by Gasteiger charge is -2.16. The van der Waals surface area contributed by atoms with E-state index in [0.29, 0.717) is 17.3 Å². The number of amides is 1. The normalized spacial score (nSPS) is 12.2. The van der Waals surface area contributed by atoms with Gasteiger partial charge in [0, 0.05) is 18.0 Å². The molecular formula is C17H21N3O4. The van der Waals surface area contributed by atoms with Gasteiger partial charge in [-0.1, -0.05) is 18.2 Å². The molecule has 0 aliphatic carbocycles. The summed E-state index contributed by atoms with van der Waals surface area (Å²) in [4.78, 5) is 36.6. The molecule has 1 heterocycles. The Labute approximate surface area is 139 Å². The molecule has 1 aromatic carbocycles. The summed E-state index contributed by atoms with van der Waals surface area (Å²) in [5.41, 5.74) is -0.244. The lowest BCUT2D eigenvalue weighted by molar-refractivity contribution is -0.129. The van der Waals surface area contributed by atoms with Gasteiger partial charge in [-0.05, 0) is 33.8 Å². The van der Waals surface area contributed by atoms with E-state index in [0.717, 1.165) is 0 Å². The number of nitrogens with zero attached hydrogens (tertiary/aromatic N) is 2. The Morgan fingerprint density at radius 3 is 2.42 bits per heavy atom. The minimum absolute atomic E-state index is 0.0243. The van der Waals surface area contributed by atoms with Gasteiger partial charge in [-0.25, -0.2) is 9.48 Å². The summed E-state index contributed by atoms with van der Waals surface area (Å²) in [6.45, 7) is 7.22. The van der Waals surface area contributed by atoms with Gasteiger partial charge in [0.05, 0.1) is 5.39 Å². The van der Waals surface area contributed by atoms with Crippen LogP contribution in [0.15, 0.2) is 29.1 Å². The monoisotopic (exact) mass is 331 g/mol. The van der Waals surface area contributed by atoms with E-state index in [1.165, 1.54) is 11.6 Å². The predicted molar refractivity (Wildman–Crippen MR) is 89.8 cm³/mol. The third-order valence-corrected chi connectivity index (χ3v) is 3.44. The second kappa shape index (κ2) is 7.25. The van der Waals surface area contributed by atoms with Crippen molar-refractivity contribution in [3.63, 3.8) is 0 Å². The highest BCUT2D eigenvalue weighted by Gasteiger charge is 2.23. The van der Waals surface area contributed by atoms with Crippen LogP contribution in [-0.2, 0) is 16.1 Å². The van der Waals surface area contributed by atoms with Crippen LogP contribution < -0.4 is 10.9 Å². The largest absolute Gasteiger partial charge is 0.448 e. The number of ether oxygens (including phenoxy) is 1. The number of fused-ring (bicyclic) bond motifs is 1. The van der Waals surface area contributed by atoms with E-state index < -0.39 is 12.1 Å². The van der Waals surface area contributed by atoms with Crippen molar-refractivity contribution >= 4 is 22.6 Å². The fourth-order valence-corrected chi connectivity index (χ4v) is 2.27. The van der Waals surface area contributed by atoms with Crippen molar-refractivity contribution in [3.05, 3.63) is 40.3 Å². The summed E-state index contributed by atoms with van der Waals surface area (Å²) in [6, 6.07) is 6.65. The molecule has 0 radical (unpaired) electrons. The van der Waals surface area contributed by atoms with E-state index in [1.807, 2.05) is 13.8 Å². The van der Waals surface area contributed by atoms with Gasteiger partial charge in [-0.2, -0.15) is 5.10 Å². The predicted octanol–water partition coefficient (Wildman–Crippen LogP) is 1.49. The van der Waals surface area contributed by atoms with Crippen molar-refractivity contribution in [2.45, 2.75) is 46.4 Å². The molecule has 0 aliphatic heterocycles. The maximum absolute atomic E-state index is 12.5. The van der Waals surface area contributed by atoms with Gasteiger partial charge < -0.3 is 10.1 Å². The third kappa shape index (κ3) is 3.61. The van der Waals surface area contributed by atoms with Crippen molar-refractivity contribution in [3.8, 4) is 0 Å². The minimum atomic E-state index is -0.956. The number of rotatable bonds is 5. The molecule has 1 aromatic heterocycles. The SMILES string of the molecule is CCn1nc(C(=O)O[C@H](C)C(=O)NC(C)C)c2ccccc2c1=O. The molecule has 0 unspecified atom stereocenters. The number of carbonyl (C=O) groups is 2. The van der Waals surface area contributed by atoms with Gasteiger partial charge in [0.25, 0.3) is 11.5 Å². The highest BCUT2D eigenvalue weighted by Crippen LogP contribution is 2.15. The lowest BCUT2D eigenvalue weighted by atomic mass is 10.1. The first-order chi connectivity index (χ1) is 11.3. The fourth-order valence-electron chi connectivity index (χ4n) is 2.27. The lowest BCUT2D eigenvalue weighted by Crippen LogP contribution is -2.39. The second-order valence-electron chi connectivity index (χ2n) is 5.73. The Bertz CT molecular complexity index is 826. The Hall–Kier alpha value is -2.70.